The molecule has 3 aromatic rings. The van der Waals surface area contributed by atoms with E-state index in [2.05, 4.69) is 29.1 Å². The fourth-order valence-corrected chi connectivity index (χ4v) is 4.43. The van der Waals surface area contributed by atoms with Crippen LogP contribution in [0.3, 0.4) is 0 Å². The van der Waals surface area contributed by atoms with Crippen LogP contribution in [0.1, 0.15) is 61.0 Å². The van der Waals surface area contributed by atoms with Gasteiger partial charge in [-0.15, -0.1) is 0 Å². The van der Waals surface area contributed by atoms with Crippen molar-refractivity contribution in [3.05, 3.63) is 81.8 Å². The highest BCUT2D eigenvalue weighted by molar-refractivity contribution is 5.71. The second kappa shape index (κ2) is 11.2. The first-order valence-corrected chi connectivity index (χ1v) is 11.7. The van der Waals surface area contributed by atoms with E-state index in [-0.39, 0.29) is 18.0 Å². The topological polar surface area (TPSA) is 97.1 Å². The number of nitrogens with zero attached hydrogens (tertiary/aromatic N) is 3. The van der Waals surface area contributed by atoms with Gasteiger partial charge in [-0.2, -0.15) is 0 Å². The smallest absolute Gasteiger partial charge is 0.305 e. The van der Waals surface area contributed by atoms with Crippen molar-refractivity contribution in [1.29, 1.82) is 0 Å². The third-order valence-corrected chi connectivity index (χ3v) is 5.99. The van der Waals surface area contributed by atoms with E-state index in [0.29, 0.717) is 12.5 Å². The maximum Gasteiger partial charge on any atom is 0.305 e. The quantitative estimate of drug-likeness (QED) is 0.456. The largest absolute Gasteiger partial charge is 0.481 e. The first-order chi connectivity index (χ1) is 16.2. The highest BCUT2D eigenvalue weighted by Gasteiger charge is 2.21. The summed E-state index contributed by atoms with van der Waals surface area (Å²) in [5.41, 5.74) is 5.74. The van der Waals surface area contributed by atoms with Gasteiger partial charge in [0.1, 0.15) is 0 Å². The lowest BCUT2D eigenvalue weighted by molar-refractivity contribution is -0.137. The summed E-state index contributed by atoms with van der Waals surface area (Å²) in [6.07, 6.45) is 9.68. The number of aliphatic carboxylic acids is 1. The number of hydrogen-bond donors (Lipinski definition) is 2. The molecule has 2 atom stereocenters. The molecule has 0 saturated heterocycles. The molecule has 0 amide bonds. The van der Waals surface area contributed by atoms with Crippen molar-refractivity contribution in [2.24, 2.45) is 5.92 Å². The molecule has 7 nitrogen and oxygen atoms in total. The number of aromatic nitrogens is 3. The molecule has 7 heteroatoms. The second-order valence-corrected chi connectivity index (χ2v) is 9.45. The van der Waals surface area contributed by atoms with Crippen LogP contribution >= 0.6 is 0 Å². The molecule has 0 aliphatic rings. The summed E-state index contributed by atoms with van der Waals surface area (Å²) in [4.78, 5) is 33.0. The summed E-state index contributed by atoms with van der Waals surface area (Å²) < 4.78 is 1.75. The summed E-state index contributed by atoms with van der Waals surface area (Å²) in [6.45, 7) is 10.6. The Kier molecular flexibility index (Phi) is 8.34. The summed E-state index contributed by atoms with van der Waals surface area (Å²) in [6, 6.07) is 5.03. The second-order valence-electron chi connectivity index (χ2n) is 9.45. The molecule has 0 aliphatic heterocycles. The predicted octanol–water partition coefficient (Wildman–Crippen LogP) is 4.62. The lowest BCUT2D eigenvalue weighted by atomic mass is 9.96. The summed E-state index contributed by atoms with van der Waals surface area (Å²) in [7, 11) is 0. The van der Waals surface area contributed by atoms with Gasteiger partial charge in [0.15, 0.2) is 0 Å². The Morgan fingerprint density at radius 2 is 1.74 bits per heavy atom. The first kappa shape index (κ1) is 25.3. The van der Waals surface area contributed by atoms with Crippen LogP contribution in [-0.2, 0) is 4.79 Å². The normalized spacial score (nSPS) is 13.1. The van der Waals surface area contributed by atoms with E-state index in [1.54, 1.807) is 23.0 Å². The van der Waals surface area contributed by atoms with Gasteiger partial charge >= 0.3 is 5.97 Å². The van der Waals surface area contributed by atoms with Crippen LogP contribution in [0.5, 0.6) is 0 Å². The molecule has 0 bridgehead atoms. The van der Waals surface area contributed by atoms with E-state index in [1.165, 1.54) is 0 Å². The molecule has 3 aromatic heterocycles. The Balaban J connectivity index is 1.91. The number of carbonyl (C=O) groups is 1. The van der Waals surface area contributed by atoms with Gasteiger partial charge in [-0.1, -0.05) is 13.8 Å². The summed E-state index contributed by atoms with van der Waals surface area (Å²) in [5.74, 6) is -0.521. The first-order valence-electron chi connectivity index (χ1n) is 11.7. The van der Waals surface area contributed by atoms with Gasteiger partial charge < -0.3 is 15.0 Å². The molecule has 0 radical (unpaired) electrons. The molecule has 3 rings (SSSR count). The predicted molar refractivity (Wildman–Crippen MR) is 134 cm³/mol. The van der Waals surface area contributed by atoms with Gasteiger partial charge in [-0.3, -0.25) is 19.6 Å². The van der Waals surface area contributed by atoms with Crippen molar-refractivity contribution >= 4 is 5.97 Å². The molecule has 180 valence electrons. The maximum absolute atomic E-state index is 12.6. The molecule has 2 N–H and O–H groups in total. The van der Waals surface area contributed by atoms with Crippen LogP contribution < -0.4 is 10.9 Å². The number of aryl methyl sites for hydroxylation is 3. The van der Waals surface area contributed by atoms with E-state index in [9.17, 15) is 14.7 Å². The number of hydrogen-bond acceptors (Lipinski definition) is 5. The molecular formula is C27H34N4O3. The summed E-state index contributed by atoms with van der Waals surface area (Å²) >= 11 is 0. The average Bonchev–Trinajstić information content (AvgIpc) is 2.75. The monoisotopic (exact) mass is 462 g/mol. The van der Waals surface area contributed by atoms with Gasteiger partial charge in [0.25, 0.3) is 5.56 Å². The maximum atomic E-state index is 12.6. The van der Waals surface area contributed by atoms with Gasteiger partial charge in [-0.25, -0.2) is 0 Å². The zero-order chi connectivity index (χ0) is 24.8. The minimum atomic E-state index is -0.896. The van der Waals surface area contributed by atoms with E-state index >= 15 is 0 Å². The lowest BCUT2D eigenvalue weighted by Gasteiger charge is -2.26. The zero-order valence-electron chi connectivity index (χ0n) is 20.6. The number of nitrogens with one attached hydrogen (secondary N) is 1. The molecule has 0 aromatic carbocycles. The number of pyridine rings is 3. The Hall–Kier alpha value is -3.32. The average molecular weight is 463 g/mol. The zero-order valence-corrected chi connectivity index (χ0v) is 20.6. The van der Waals surface area contributed by atoms with Crippen molar-refractivity contribution in [1.82, 2.24) is 19.9 Å². The molecule has 0 fully saturated rings. The van der Waals surface area contributed by atoms with Crippen molar-refractivity contribution in [2.45, 2.75) is 59.5 Å². The molecule has 0 spiro atoms. The highest BCUT2D eigenvalue weighted by atomic mass is 16.4. The van der Waals surface area contributed by atoms with Gasteiger partial charge in [-0.05, 0) is 73.1 Å². The van der Waals surface area contributed by atoms with Crippen molar-refractivity contribution in [3.63, 3.8) is 0 Å². The van der Waals surface area contributed by atoms with E-state index in [1.807, 2.05) is 51.5 Å². The van der Waals surface area contributed by atoms with Gasteiger partial charge in [0, 0.05) is 61.2 Å². The van der Waals surface area contributed by atoms with Crippen molar-refractivity contribution < 1.29 is 9.90 Å². The SMILES string of the molecule is Cc1ccn(C(CN[C@@H](CC(=O)O)c2cncc(-c3c(C)cncc3C)c2)CC(C)C)c(=O)c1. The standard InChI is InChI=1S/C27H34N4O3/c1-17(2)8-23(31-7-6-18(3)9-25(31)32)16-30-24(11-26(33)34)21-10-22(15-29-14-21)27-19(4)12-28-13-20(27)5/h6-7,9-10,12-15,17,23-24,30H,8,11,16H2,1-5H3,(H,33,34)/t23?,24-/m0/s1. The molecular weight excluding hydrogens is 428 g/mol. The lowest BCUT2D eigenvalue weighted by Crippen LogP contribution is -2.35. The van der Waals surface area contributed by atoms with Crippen molar-refractivity contribution in [3.8, 4) is 11.1 Å². The number of carboxylic acids is 1. The van der Waals surface area contributed by atoms with Gasteiger partial charge in [0.05, 0.1) is 6.42 Å². The highest BCUT2D eigenvalue weighted by Crippen LogP contribution is 2.29. The van der Waals surface area contributed by atoms with E-state index in [4.69, 9.17) is 0 Å². The molecule has 1 unspecified atom stereocenters. The van der Waals surface area contributed by atoms with E-state index in [0.717, 1.165) is 39.8 Å². The van der Waals surface area contributed by atoms with Crippen LogP contribution in [0, 0.1) is 26.7 Å². The minimum absolute atomic E-state index is 0.0467. The van der Waals surface area contributed by atoms with Crippen molar-refractivity contribution in [2.75, 3.05) is 6.54 Å². The third kappa shape index (κ3) is 6.38. The van der Waals surface area contributed by atoms with Crippen LogP contribution in [0.2, 0.25) is 0 Å². The van der Waals surface area contributed by atoms with Crippen LogP contribution in [-0.4, -0.2) is 32.2 Å². The Morgan fingerprint density at radius 1 is 1.06 bits per heavy atom. The molecule has 0 saturated carbocycles. The Labute approximate surface area is 200 Å². The molecule has 3 heterocycles. The summed E-state index contributed by atoms with van der Waals surface area (Å²) in [5, 5.41) is 13.0. The van der Waals surface area contributed by atoms with Crippen LogP contribution in [0.4, 0.5) is 0 Å². The van der Waals surface area contributed by atoms with Crippen LogP contribution in [0.25, 0.3) is 11.1 Å². The minimum Gasteiger partial charge on any atom is -0.481 e. The van der Waals surface area contributed by atoms with Crippen LogP contribution in [0.15, 0.2) is 54.0 Å². The third-order valence-electron chi connectivity index (χ3n) is 5.99. The number of carboxylic acid groups (broad SMARTS) is 1. The van der Waals surface area contributed by atoms with Gasteiger partial charge in [0.2, 0.25) is 0 Å². The Morgan fingerprint density at radius 3 is 2.35 bits per heavy atom. The molecule has 34 heavy (non-hydrogen) atoms. The fraction of sp³-hybridized carbons (Fsp3) is 0.407. The Bertz CT molecular complexity index is 1180. The van der Waals surface area contributed by atoms with E-state index < -0.39 is 12.0 Å². The fourth-order valence-electron chi connectivity index (χ4n) is 4.43. The number of rotatable bonds is 10. The molecule has 0 aliphatic carbocycles.